The summed E-state index contributed by atoms with van der Waals surface area (Å²) in [6.07, 6.45) is 0.542. The number of ether oxygens (including phenoxy) is 2. The minimum Gasteiger partial charge on any atom is -0.493 e. The number of methoxy groups -OCH3 is 2. The SMILES string of the molecule is COc1ccc(CCn2c(-c3ccc(C)cc3)nc3c(c(=O)c4ccccc4n3C)c2=O)cc1OC. The van der Waals surface area contributed by atoms with Crippen LogP contribution in [0.25, 0.3) is 33.3 Å². The smallest absolute Gasteiger partial charge is 0.267 e. The maximum atomic E-state index is 13.9. The molecule has 0 aliphatic rings. The third kappa shape index (κ3) is 3.92. The zero-order valence-electron chi connectivity index (χ0n) is 20.7. The first-order chi connectivity index (χ1) is 17.4. The lowest BCUT2D eigenvalue weighted by Gasteiger charge is -2.17. The van der Waals surface area contributed by atoms with E-state index in [4.69, 9.17) is 14.5 Å². The quantitative estimate of drug-likeness (QED) is 0.334. The Bertz CT molecular complexity index is 1720. The van der Waals surface area contributed by atoms with Crippen molar-refractivity contribution in [2.75, 3.05) is 14.2 Å². The Kier molecular flexibility index (Phi) is 6.06. The van der Waals surface area contributed by atoms with E-state index in [-0.39, 0.29) is 16.4 Å². The molecular formula is C29H27N3O4. The summed E-state index contributed by atoms with van der Waals surface area (Å²) >= 11 is 0. The van der Waals surface area contributed by atoms with Crippen molar-refractivity contribution in [1.82, 2.24) is 14.1 Å². The van der Waals surface area contributed by atoms with E-state index in [0.29, 0.717) is 41.3 Å². The van der Waals surface area contributed by atoms with Gasteiger partial charge in [0, 0.05) is 24.5 Å². The zero-order valence-corrected chi connectivity index (χ0v) is 20.7. The summed E-state index contributed by atoms with van der Waals surface area (Å²) < 4.78 is 14.2. The van der Waals surface area contributed by atoms with Crippen molar-refractivity contribution in [3.05, 3.63) is 98.4 Å². The molecule has 0 atom stereocenters. The van der Waals surface area contributed by atoms with Crippen LogP contribution in [-0.4, -0.2) is 28.3 Å². The van der Waals surface area contributed by atoms with Crippen molar-refractivity contribution in [3.8, 4) is 22.9 Å². The lowest BCUT2D eigenvalue weighted by Crippen LogP contribution is -2.29. The summed E-state index contributed by atoms with van der Waals surface area (Å²) in [6.45, 7) is 2.36. The predicted octanol–water partition coefficient (Wildman–Crippen LogP) is 4.48. The molecule has 0 bridgehead atoms. The highest BCUT2D eigenvalue weighted by Crippen LogP contribution is 2.28. The molecule has 7 nitrogen and oxygen atoms in total. The van der Waals surface area contributed by atoms with Gasteiger partial charge >= 0.3 is 0 Å². The molecule has 5 aromatic rings. The average molecular weight is 482 g/mol. The normalized spacial score (nSPS) is 11.2. The van der Waals surface area contributed by atoms with Crippen molar-refractivity contribution in [3.63, 3.8) is 0 Å². The standard InChI is InChI=1S/C29H27N3O4/c1-18-9-12-20(13-10-18)27-30-28-25(26(33)21-7-5-6-8-22(21)31(28)2)29(34)32(27)16-15-19-11-14-23(35-3)24(17-19)36-4/h5-14,17H,15-16H2,1-4H3. The third-order valence-electron chi connectivity index (χ3n) is 6.59. The Morgan fingerprint density at radius 1 is 0.889 bits per heavy atom. The van der Waals surface area contributed by atoms with Gasteiger partial charge < -0.3 is 14.0 Å². The molecule has 5 rings (SSSR count). The van der Waals surface area contributed by atoms with Gasteiger partial charge in [-0.2, -0.15) is 0 Å². The minimum atomic E-state index is -0.345. The summed E-state index contributed by atoms with van der Waals surface area (Å²) in [5.74, 6) is 1.79. The van der Waals surface area contributed by atoms with Crippen LogP contribution >= 0.6 is 0 Å². The highest BCUT2D eigenvalue weighted by molar-refractivity contribution is 5.91. The predicted molar refractivity (Wildman–Crippen MR) is 142 cm³/mol. The molecule has 182 valence electrons. The van der Waals surface area contributed by atoms with Gasteiger partial charge in [-0.05, 0) is 43.2 Å². The first kappa shape index (κ1) is 23.4. The number of fused-ring (bicyclic) bond motifs is 2. The van der Waals surface area contributed by atoms with Crippen LogP contribution in [0.2, 0.25) is 0 Å². The molecule has 0 spiro atoms. The molecule has 0 N–H and O–H groups in total. The second-order valence-corrected chi connectivity index (χ2v) is 8.80. The number of hydrogen-bond donors (Lipinski definition) is 0. The lowest BCUT2D eigenvalue weighted by molar-refractivity contribution is 0.354. The van der Waals surface area contributed by atoms with E-state index in [1.165, 1.54) is 0 Å². The van der Waals surface area contributed by atoms with Gasteiger partial charge in [-0.3, -0.25) is 14.2 Å². The van der Waals surface area contributed by atoms with Crippen molar-refractivity contribution in [2.45, 2.75) is 19.9 Å². The fourth-order valence-electron chi connectivity index (χ4n) is 4.60. The fraction of sp³-hybridized carbons (Fsp3) is 0.207. The maximum absolute atomic E-state index is 13.9. The van der Waals surface area contributed by atoms with E-state index in [0.717, 1.165) is 22.2 Å². The van der Waals surface area contributed by atoms with Crippen LogP contribution in [0.3, 0.4) is 0 Å². The van der Waals surface area contributed by atoms with Crippen LogP contribution in [0.15, 0.2) is 76.3 Å². The van der Waals surface area contributed by atoms with E-state index in [1.54, 1.807) is 30.9 Å². The molecular weight excluding hydrogens is 454 g/mol. The first-order valence-corrected chi connectivity index (χ1v) is 11.7. The molecule has 36 heavy (non-hydrogen) atoms. The fourth-order valence-corrected chi connectivity index (χ4v) is 4.60. The Balaban J connectivity index is 1.72. The monoisotopic (exact) mass is 481 g/mol. The summed E-state index contributed by atoms with van der Waals surface area (Å²) in [4.78, 5) is 32.3. The number of nitrogens with zero attached hydrogens (tertiary/aromatic N) is 3. The number of aryl methyl sites for hydroxylation is 3. The number of hydrogen-bond acceptors (Lipinski definition) is 5. The highest BCUT2D eigenvalue weighted by Gasteiger charge is 2.19. The number of benzene rings is 3. The van der Waals surface area contributed by atoms with E-state index >= 15 is 0 Å². The molecule has 2 heterocycles. The second kappa shape index (κ2) is 9.34. The maximum Gasteiger partial charge on any atom is 0.267 e. The number of pyridine rings is 1. The molecule has 0 amide bonds. The molecule has 3 aromatic carbocycles. The van der Waals surface area contributed by atoms with Gasteiger partial charge in [0.1, 0.15) is 11.2 Å². The highest BCUT2D eigenvalue weighted by atomic mass is 16.5. The summed E-state index contributed by atoms with van der Waals surface area (Å²) in [7, 11) is 5.02. The number of para-hydroxylation sites is 1. The minimum absolute atomic E-state index is 0.0966. The lowest BCUT2D eigenvalue weighted by atomic mass is 10.1. The van der Waals surface area contributed by atoms with Gasteiger partial charge in [-0.15, -0.1) is 0 Å². The van der Waals surface area contributed by atoms with E-state index < -0.39 is 0 Å². The first-order valence-electron chi connectivity index (χ1n) is 11.7. The van der Waals surface area contributed by atoms with Crippen LogP contribution < -0.4 is 20.5 Å². The van der Waals surface area contributed by atoms with Crippen LogP contribution in [0, 0.1) is 6.92 Å². The Labute approximate surface area is 208 Å². The van der Waals surface area contributed by atoms with Crippen LogP contribution in [0.1, 0.15) is 11.1 Å². The van der Waals surface area contributed by atoms with Gasteiger partial charge in [-0.25, -0.2) is 4.98 Å². The van der Waals surface area contributed by atoms with Gasteiger partial charge in [0.15, 0.2) is 17.1 Å². The Morgan fingerprint density at radius 2 is 1.61 bits per heavy atom. The van der Waals surface area contributed by atoms with Crippen molar-refractivity contribution in [1.29, 1.82) is 0 Å². The number of aromatic nitrogens is 3. The van der Waals surface area contributed by atoms with Crippen LogP contribution in [0.5, 0.6) is 11.5 Å². The van der Waals surface area contributed by atoms with Gasteiger partial charge in [0.05, 0.1) is 19.7 Å². The van der Waals surface area contributed by atoms with Crippen molar-refractivity contribution in [2.24, 2.45) is 7.05 Å². The van der Waals surface area contributed by atoms with E-state index in [1.807, 2.05) is 73.1 Å². The van der Waals surface area contributed by atoms with Crippen molar-refractivity contribution < 1.29 is 9.47 Å². The van der Waals surface area contributed by atoms with Crippen LogP contribution in [0.4, 0.5) is 0 Å². The Hall–Kier alpha value is -4.39. The van der Waals surface area contributed by atoms with Gasteiger partial charge in [0.2, 0.25) is 5.43 Å². The molecule has 0 saturated heterocycles. The molecule has 0 aliphatic carbocycles. The van der Waals surface area contributed by atoms with E-state index in [9.17, 15) is 9.59 Å². The average Bonchev–Trinajstić information content (AvgIpc) is 2.91. The topological polar surface area (TPSA) is 75.4 Å². The van der Waals surface area contributed by atoms with Gasteiger partial charge in [0.25, 0.3) is 5.56 Å². The summed E-state index contributed by atoms with van der Waals surface area (Å²) in [5, 5.41) is 0.597. The van der Waals surface area contributed by atoms with E-state index in [2.05, 4.69) is 0 Å². The molecule has 0 aliphatic heterocycles. The largest absolute Gasteiger partial charge is 0.493 e. The molecule has 2 aromatic heterocycles. The Morgan fingerprint density at radius 3 is 2.33 bits per heavy atom. The van der Waals surface area contributed by atoms with Gasteiger partial charge in [-0.1, -0.05) is 48.0 Å². The molecule has 0 saturated carbocycles. The molecule has 7 heteroatoms. The van der Waals surface area contributed by atoms with Crippen molar-refractivity contribution >= 4 is 21.9 Å². The summed E-state index contributed by atoms with van der Waals surface area (Å²) in [5.41, 5.74) is 3.36. The molecule has 0 radical (unpaired) electrons. The summed E-state index contributed by atoms with van der Waals surface area (Å²) in [6, 6.07) is 20.9. The second-order valence-electron chi connectivity index (χ2n) is 8.80. The number of rotatable bonds is 6. The third-order valence-corrected chi connectivity index (χ3v) is 6.59. The van der Waals surface area contributed by atoms with Crippen LogP contribution in [-0.2, 0) is 20.0 Å². The zero-order chi connectivity index (χ0) is 25.4. The molecule has 0 unspecified atom stereocenters. The molecule has 0 fully saturated rings.